The van der Waals surface area contributed by atoms with Crippen LogP contribution in [0.2, 0.25) is 0 Å². The highest BCUT2D eigenvalue weighted by atomic mass is 79.9. The minimum absolute atomic E-state index is 0.836. The Morgan fingerprint density at radius 1 is 0.938 bits per heavy atom. The van der Waals surface area contributed by atoms with Gasteiger partial charge in [0.25, 0.3) is 0 Å². The molecule has 2 bridgehead atoms. The summed E-state index contributed by atoms with van der Waals surface area (Å²) in [6.07, 6.45) is 12.2. The number of halogens is 1. The van der Waals surface area contributed by atoms with Gasteiger partial charge in [0.1, 0.15) is 0 Å². The SMILES string of the molecule is CC1CCC(Br)C(CC2CC3CCC2C3)C1. The normalized spacial score (nSPS) is 52.1. The van der Waals surface area contributed by atoms with Gasteiger partial charge in [-0.2, -0.15) is 0 Å². The van der Waals surface area contributed by atoms with Crippen molar-refractivity contribution in [1.29, 1.82) is 0 Å². The van der Waals surface area contributed by atoms with Gasteiger partial charge in [0.15, 0.2) is 0 Å². The fourth-order valence-electron chi connectivity index (χ4n) is 4.76. The highest BCUT2D eigenvalue weighted by molar-refractivity contribution is 9.09. The van der Waals surface area contributed by atoms with E-state index >= 15 is 0 Å². The quantitative estimate of drug-likeness (QED) is 0.625. The van der Waals surface area contributed by atoms with E-state index < -0.39 is 0 Å². The Labute approximate surface area is 109 Å². The average molecular weight is 285 g/mol. The topological polar surface area (TPSA) is 0 Å². The standard InChI is InChI=1S/C15H25Br/c1-10-2-5-15(16)14(6-10)9-13-8-11-3-4-12(13)7-11/h10-15H,2-9H2,1H3. The van der Waals surface area contributed by atoms with Gasteiger partial charge in [0.2, 0.25) is 0 Å². The van der Waals surface area contributed by atoms with Crippen molar-refractivity contribution in [2.24, 2.45) is 29.6 Å². The van der Waals surface area contributed by atoms with Crippen LogP contribution in [0.5, 0.6) is 0 Å². The molecule has 3 saturated carbocycles. The molecule has 3 aliphatic carbocycles. The van der Waals surface area contributed by atoms with Gasteiger partial charge in [-0.1, -0.05) is 29.3 Å². The van der Waals surface area contributed by atoms with Crippen molar-refractivity contribution in [3.8, 4) is 0 Å². The van der Waals surface area contributed by atoms with Gasteiger partial charge in [-0.05, 0) is 74.5 Å². The molecule has 3 fully saturated rings. The largest absolute Gasteiger partial charge is 0.0888 e. The maximum atomic E-state index is 3.94. The van der Waals surface area contributed by atoms with Gasteiger partial charge in [0, 0.05) is 4.83 Å². The van der Waals surface area contributed by atoms with Crippen molar-refractivity contribution in [1.82, 2.24) is 0 Å². The van der Waals surface area contributed by atoms with E-state index in [1.54, 1.807) is 32.1 Å². The zero-order chi connectivity index (χ0) is 11.1. The molecule has 0 aromatic carbocycles. The molecule has 0 aromatic heterocycles. The molecule has 0 heterocycles. The van der Waals surface area contributed by atoms with Crippen LogP contribution in [0.3, 0.4) is 0 Å². The van der Waals surface area contributed by atoms with E-state index in [9.17, 15) is 0 Å². The van der Waals surface area contributed by atoms with Crippen LogP contribution in [0.25, 0.3) is 0 Å². The van der Waals surface area contributed by atoms with E-state index in [-0.39, 0.29) is 0 Å². The first-order valence-corrected chi connectivity index (χ1v) is 8.28. The van der Waals surface area contributed by atoms with Crippen LogP contribution < -0.4 is 0 Å². The first kappa shape index (κ1) is 11.6. The minimum Gasteiger partial charge on any atom is -0.0888 e. The van der Waals surface area contributed by atoms with Gasteiger partial charge in [-0.25, -0.2) is 0 Å². The molecule has 3 rings (SSSR count). The number of alkyl halides is 1. The lowest BCUT2D eigenvalue weighted by molar-refractivity contribution is 0.210. The molecule has 16 heavy (non-hydrogen) atoms. The maximum absolute atomic E-state index is 3.94. The molecule has 92 valence electrons. The van der Waals surface area contributed by atoms with Crippen LogP contribution in [0.4, 0.5) is 0 Å². The van der Waals surface area contributed by atoms with Crippen molar-refractivity contribution in [2.45, 2.75) is 63.1 Å². The smallest absolute Gasteiger partial charge is 0.0174 e. The fourth-order valence-corrected chi connectivity index (χ4v) is 5.46. The number of rotatable bonds is 2. The Morgan fingerprint density at radius 3 is 2.50 bits per heavy atom. The van der Waals surface area contributed by atoms with Crippen molar-refractivity contribution >= 4 is 15.9 Å². The maximum Gasteiger partial charge on any atom is 0.0174 e. The van der Waals surface area contributed by atoms with Crippen molar-refractivity contribution in [3.63, 3.8) is 0 Å². The molecule has 0 aliphatic heterocycles. The van der Waals surface area contributed by atoms with Gasteiger partial charge in [-0.15, -0.1) is 0 Å². The summed E-state index contributed by atoms with van der Waals surface area (Å²) in [4.78, 5) is 0.836. The second-order valence-electron chi connectivity index (χ2n) is 6.86. The van der Waals surface area contributed by atoms with Gasteiger partial charge in [0.05, 0.1) is 0 Å². The van der Waals surface area contributed by atoms with E-state index in [1.165, 1.54) is 19.3 Å². The Morgan fingerprint density at radius 2 is 1.81 bits per heavy atom. The van der Waals surface area contributed by atoms with Crippen molar-refractivity contribution < 1.29 is 0 Å². The van der Waals surface area contributed by atoms with Crippen LogP contribution in [0.1, 0.15) is 58.3 Å². The molecular weight excluding hydrogens is 260 g/mol. The Hall–Kier alpha value is 0.480. The predicted molar refractivity (Wildman–Crippen MR) is 72.8 cm³/mol. The molecule has 0 saturated heterocycles. The van der Waals surface area contributed by atoms with Crippen molar-refractivity contribution in [3.05, 3.63) is 0 Å². The predicted octanol–water partition coefficient (Wildman–Crippen LogP) is 5.01. The molecule has 0 radical (unpaired) electrons. The monoisotopic (exact) mass is 284 g/mol. The first-order valence-electron chi connectivity index (χ1n) is 7.36. The summed E-state index contributed by atoms with van der Waals surface area (Å²) in [5, 5.41) is 0. The zero-order valence-electron chi connectivity index (χ0n) is 10.5. The lowest BCUT2D eigenvalue weighted by Gasteiger charge is -2.35. The van der Waals surface area contributed by atoms with Crippen molar-refractivity contribution in [2.75, 3.05) is 0 Å². The van der Waals surface area contributed by atoms with E-state index in [0.29, 0.717) is 0 Å². The number of fused-ring (bicyclic) bond motifs is 2. The highest BCUT2D eigenvalue weighted by Crippen LogP contribution is 2.52. The molecule has 0 nitrogen and oxygen atoms in total. The molecule has 0 N–H and O–H groups in total. The molecule has 0 amide bonds. The molecular formula is C15H25Br. The molecule has 6 atom stereocenters. The van der Waals surface area contributed by atoms with Crippen LogP contribution in [-0.2, 0) is 0 Å². The zero-order valence-corrected chi connectivity index (χ0v) is 12.1. The summed E-state index contributed by atoms with van der Waals surface area (Å²) in [6, 6.07) is 0. The van der Waals surface area contributed by atoms with E-state index in [4.69, 9.17) is 0 Å². The molecule has 1 heteroatoms. The third kappa shape index (κ3) is 2.21. The lowest BCUT2D eigenvalue weighted by Crippen LogP contribution is -2.27. The first-order chi connectivity index (χ1) is 7.72. The summed E-state index contributed by atoms with van der Waals surface area (Å²) in [5.41, 5.74) is 0. The Balaban J connectivity index is 1.57. The van der Waals surface area contributed by atoms with E-state index in [1.807, 2.05) is 0 Å². The van der Waals surface area contributed by atoms with Crippen LogP contribution >= 0.6 is 15.9 Å². The van der Waals surface area contributed by atoms with Crippen LogP contribution in [-0.4, -0.2) is 4.83 Å². The summed E-state index contributed by atoms with van der Waals surface area (Å²) in [5.74, 6) is 5.34. The van der Waals surface area contributed by atoms with E-state index in [2.05, 4.69) is 22.9 Å². The highest BCUT2D eigenvalue weighted by Gasteiger charge is 2.41. The molecule has 6 unspecified atom stereocenters. The van der Waals surface area contributed by atoms with Gasteiger partial charge in [-0.3, -0.25) is 0 Å². The molecule has 3 aliphatic rings. The minimum atomic E-state index is 0.836. The Bertz CT molecular complexity index is 250. The van der Waals surface area contributed by atoms with Gasteiger partial charge < -0.3 is 0 Å². The second-order valence-corrected chi connectivity index (χ2v) is 8.04. The molecule has 0 aromatic rings. The average Bonchev–Trinajstić information content (AvgIpc) is 2.85. The molecule has 0 spiro atoms. The number of hydrogen-bond donors (Lipinski definition) is 0. The third-order valence-corrected chi connectivity index (χ3v) is 6.85. The summed E-state index contributed by atoms with van der Waals surface area (Å²) < 4.78 is 0. The van der Waals surface area contributed by atoms with Crippen LogP contribution in [0.15, 0.2) is 0 Å². The fraction of sp³-hybridized carbons (Fsp3) is 1.00. The van der Waals surface area contributed by atoms with E-state index in [0.717, 1.165) is 34.4 Å². The lowest BCUT2D eigenvalue weighted by atomic mass is 9.74. The second kappa shape index (κ2) is 4.63. The number of hydrogen-bond acceptors (Lipinski definition) is 0. The van der Waals surface area contributed by atoms with Gasteiger partial charge >= 0.3 is 0 Å². The third-order valence-electron chi connectivity index (χ3n) is 5.64. The summed E-state index contributed by atoms with van der Waals surface area (Å²) in [7, 11) is 0. The Kier molecular flexibility index (Phi) is 3.35. The summed E-state index contributed by atoms with van der Waals surface area (Å²) >= 11 is 3.94. The van der Waals surface area contributed by atoms with Crippen LogP contribution in [0, 0.1) is 29.6 Å². The summed E-state index contributed by atoms with van der Waals surface area (Å²) in [6.45, 7) is 2.45.